The Bertz CT molecular complexity index is 356. The lowest BCUT2D eigenvalue weighted by Crippen LogP contribution is -2.35. The van der Waals surface area contributed by atoms with Crippen LogP contribution in [0.2, 0.25) is 0 Å². The Labute approximate surface area is 116 Å². The van der Waals surface area contributed by atoms with E-state index in [4.69, 9.17) is 15.6 Å². The number of rotatable bonds is 9. The van der Waals surface area contributed by atoms with Gasteiger partial charge in [0.2, 0.25) is 0 Å². The molecule has 0 amide bonds. The van der Waals surface area contributed by atoms with Crippen LogP contribution in [-0.4, -0.2) is 42.4 Å². The number of hydrogen-bond donors (Lipinski definition) is 2. The molecule has 0 aliphatic rings. The highest BCUT2D eigenvalue weighted by atomic mass is 16.5. The summed E-state index contributed by atoms with van der Waals surface area (Å²) in [4.78, 5) is 2.31. The summed E-state index contributed by atoms with van der Waals surface area (Å²) < 4.78 is 5.75. The summed E-state index contributed by atoms with van der Waals surface area (Å²) in [7, 11) is 0. The van der Waals surface area contributed by atoms with Crippen molar-refractivity contribution in [1.29, 1.82) is 0 Å². The Hall–Kier alpha value is -1.10. The molecule has 0 atom stereocenters. The lowest BCUT2D eigenvalue weighted by atomic mass is 10.2. The Kier molecular flexibility index (Phi) is 7.48. The third-order valence-corrected chi connectivity index (χ3v) is 3.12. The third kappa shape index (κ3) is 6.05. The molecule has 0 aliphatic carbocycles. The lowest BCUT2D eigenvalue weighted by molar-refractivity contribution is 0.160. The summed E-state index contributed by atoms with van der Waals surface area (Å²) in [5, 5.41) is 8.89. The molecule has 1 aromatic rings. The molecule has 0 fully saturated rings. The van der Waals surface area contributed by atoms with Crippen LogP contribution < -0.4 is 10.5 Å². The smallest absolute Gasteiger partial charge is 0.119 e. The zero-order valence-corrected chi connectivity index (χ0v) is 12.0. The average molecular weight is 266 g/mol. The van der Waals surface area contributed by atoms with Gasteiger partial charge in [-0.2, -0.15) is 0 Å². The van der Waals surface area contributed by atoms with Crippen molar-refractivity contribution < 1.29 is 9.84 Å². The number of aliphatic hydroxyl groups is 1. The summed E-state index contributed by atoms with van der Waals surface area (Å²) in [6.45, 7) is 7.51. The van der Waals surface area contributed by atoms with Crippen LogP contribution in [0.25, 0.3) is 0 Å². The minimum absolute atomic E-state index is 0.239. The maximum absolute atomic E-state index is 8.89. The van der Waals surface area contributed by atoms with E-state index in [1.807, 2.05) is 24.3 Å². The van der Waals surface area contributed by atoms with Gasteiger partial charge in [-0.15, -0.1) is 0 Å². The first kappa shape index (κ1) is 16.0. The Morgan fingerprint density at radius 3 is 2.74 bits per heavy atom. The molecule has 4 nitrogen and oxygen atoms in total. The molecule has 0 unspecified atom stereocenters. The van der Waals surface area contributed by atoms with E-state index >= 15 is 0 Å². The van der Waals surface area contributed by atoms with Crippen molar-refractivity contribution in [3.05, 3.63) is 29.8 Å². The predicted molar refractivity (Wildman–Crippen MR) is 78.2 cm³/mol. The summed E-state index contributed by atoms with van der Waals surface area (Å²) in [6.07, 6.45) is 0.806. The summed E-state index contributed by atoms with van der Waals surface area (Å²) in [6, 6.07) is 8.35. The quantitative estimate of drug-likeness (QED) is 0.713. The fraction of sp³-hybridized carbons (Fsp3) is 0.600. The fourth-order valence-electron chi connectivity index (χ4n) is 1.94. The second-order valence-corrected chi connectivity index (χ2v) is 4.91. The average Bonchev–Trinajstić information content (AvgIpc) is 2.42. The van der Waals surface area contributed by atoms with E-state index in [1.54, 1.807) is 0 Å². The molecule has 0 saturated carbocycles. The normalized spacial score (nSPS) is 11.3. The van der Waals surface area contributed by atoms with E-state index in [0.29, 0.717) is 19.2 Å². The molecule has 108 valence electrons. The van der Waals surface area contributed by atoms with Gasteiger partial charge in [-0.1, -0.05) is 12.1 Å². The van der Waals surface area contributed by atoms with Gasteiger partial charge in [0.1, 0.15) is 12.4 Å². The molecule has 0 heterocycles. The molecular weight excluding hydrogens is 240 g/mol. The Balaban J connectivity index is 2.38. The maximum atomic E-state index is 8.89. The minimum Gasteiger partial charge on any atom is -0.492 e. The van der Waals surface area contributed by atoms with Crippen LogP contribution in [0.15, 0.2) is 24.3 Å². The van der Waals surface area contributed by atoms with Crippen molar-refractivity contribution in [1.82, 2.24) is 4.90 Å². The second kappa shape index (κ2) is 8.91. The third-order valence-electron chi connectivity index (χ3n) is 3.12. The summed E-state index contributed by atoms with van der Waals surface area (Å²) in [5.74, 6) is 0.869. The predicted octanol–water partition coefficient (Wildman–Crippen LogP) is 1.62. The zero-order valence-electron chi connectivity index (χ0n) is 12.0. The van der Waals surface area contributed by atoms with Crippen LogP contribution in [0.3, 0.4) is 0 Å². The highest BCUT2D eigenvalue weighted by Gasteiger charge is 2.08. The van der Waals surface area contributed by atoms with E-state index in [-0.39, 0.29) is 6.61 Å². The van der Waals surface area contributed by atoms with E-state index in [2.05, 4.69) is 18.7 Å². The number of nitrogens with two attached hydrogens (primary N) is 1. The molecule has 0 aromatic heterocycles. The van der Waals surface area contributed by atoms with Gasteiger partial charge < -0.3 is 15.6 Å². The van der Waals surface area contributed by atoms with Gasteiger partial charge >= 0.3 is 0 Å². The second-order valence-electron chi connectivity index (χ2n) is 4.91. The van der Waals surface area contributed by atoms with Gasteiger partial charge in [0.15, 0.2) is 0 Å². The number of hydrogen-bond acceptors (Lipinski definition) is 4. The number of ether oxygens (including phenoxy) is 1. The molecular formula is C15H26N2O2. The number of aliphatic hydroxyl groups excluding tert-OH is 1. The molecule has 0 bridgehead atoms. The first-order valence-electron chi connectivity index (χ1n) is 6.94. The molecule has 0 aliphatic heterocycles. The first-order chi connectivity index (χ1) is 9.17. The number of nitrogens with zero attached hydrogens (tertiary/aromatic N) is 1. The van der Waals surface area contributed by atoms with Crippen molar-refractivity contribution in [2.45, 2.75) is 32.9 Å². The van der Waals surface area contributed by atoms with Crippen molar-refractivity contribution >= 4 is 0 Å². The topological polar surface area (TPSA) is 58.7 Å². The maximum Gasteiger partial charge on any atom is 0.119 e. The summed E-state index contributed by atoms with van der Waals surface area (Å²) >= 11 is 0. The molecule has 19 heavy (non-hydrogen) atoms. The highest BCUT2D eigenvalue weighted by molar-refractivity contribution is 5.28. The van der Waals surface area contributed by atoms with Crippen LogP contribution in [0, 0.1) is 0 Å². The van der Waals surface area contributed by atoms with Crippen molar-refractivity contribution in [2.24, 2.45) is 5.73 Å². The van der Waals surface area contributed by atoms with E-state index in [9.17, 15) is 0 Å². The fourth-order valence-corrected chi connectivity index (χ4v) is 1.94. The van der Waals surface area contributed by atoms with E-state index in [0.717, 1.165) is 30.8 Å². The van der Waals surface area contributed by atoms with Crippen LogP contribution in [-0.2, 0) is 6.54 Å². The van der Waals surface area contributed by atoms with Crippen molar-refractivity contribution in [3.63, 3.8) is 0 Å². The SMILES string of the molecule is CC(C)N(CCCO)CCOc1cccc(CN)c1. The first-order valence-corrected chi connectivity index (χ1v) is 6.94. The molecule has 3 N–H and O–H groups in total. The zero-order chi connectivity index (χ0) is 14.1. The number of benzene rings is 1. The molecule has 0 saturated heterocycles. The highest BCUT2D eigenvalue weighted by Crippen LogP contribution is 2.13. The molecule has 0 radical (unpaired) electrons. The lowest BCUT2D eigenvalue weighted by Gasteiger charge is -2.26. The Morgan fingerprint density at radius 2 is 2.11 bits per heavy atom. The van der Waals surface area contributed by atoms with Crippen LogP contribution in [0.5, 0.6) is 5.75 Å². The van der Waals surface area contributed by atoms with E-state index < -0.39 is 0 Å². The van der Waals surface area contributed by atoms with Gasteiger partial charge in [0.25, 0.3) is 0 Å². The van der Waals surface area contributed by atoms with Crippen LogP contribution in [0.4, 0.5) is 0 Å². The van der Waals surface area contributed by atoms with Gasteiger partial charge in [0.05, 0.1) is 0 Å². The van der Waals surface area contributed by atoms with Gasteiger partial charge in [-0.3, -0.25) is 4.90 Å². The van der Waals surface area contributed by atoms with Crippen molar-refractivity contribution in [3.8, 4) is 5.75 Å². The van der Waals surface area contributed by atoms with Gasteiger partial charge in [-0.05, 0) is 38.0 Å². The van der Waals surface area contributed by atoms with Crippen LogP contribution in [0.1, 0.15) is 25.8 Å². The van der Waals surface area contributed by atoms with Gasteiger partial charge in [-0.25, -0.2) is 0 Å². The van der Waals surface area contributed by atoms with Crippen LogP contribution >= 0.6 is 0 Å². The monoisotopic (exact) mass is 266 g/mol. The van der Waals surface area contributed by atoms with E-state index in [1.165, 1.54) is 0 Å². The molecule has 0 spiro atoms. The molecule has 4 heteroatoms. The largest absolute Gasteiger partial charge is 0.492 e. The standard InChI is InChI=1S/C15H26N2O2/c1-13(2)17(7-4-9-18)8-10-19-15-6-3-5-14(11-15)12-16/h3,5-6,11,13,18H,4,7-10,12,16H2,1-2H3. The minimum atomic E-state index is 0.239. The molecule has 1 aromatic carbocycles. The van der Waals surface area contributed by atoms with Crippen molar-refractivity contribution in [2.75, 3.05) is 26.3 Å². The Morgan fingerprint density at radius 1 is 1.32 bits per heavy atom. The molecule has 1 rings (SSSR count). The van der Waals surface area contributed by atoms with Gasteiger partial charge in [0, 0.05) is 32.3 Å². The summed E-state index contributed by atoms with van der Waals surface area (Å²) in [5.41, 5.74) is 6.68.